The molecule has 0 fully saturated rings. The first kappa shape index (κ1) is 18.0. The van der Waals surface area contributed by atoms with Crippen molar-refractivity contribution in [3.8, 4) is 0 Å². The fourth-order valence-electron chi connectivity index (χ4n) is 3.59. The van der Waals surface area contributed by atoms with Crippen LogP contribution in [0.2, 0.25) is 0 Å². The van der Waals surface area contributed by atoms with Crippen molar-refractivity contribution in [1.82, 2.24) is 4.98 Å². The molecule has 1 aliphatic rings. The van der Waals surface area contributed by atoms with E-state index in [4.69, 9.17) is 4.98 Å². The third-order valence-electron chi connectivity index (χ3n) is 4.91. The van der Waals surface area contributed by atoms with Gasteiger partial charge in [-0.05, 0) is 82.6 Å². The summed E-state index contributed by atoms with van der Waals surface area (Å²) in [4.78, 5) is 4.81. The minimum Gasteiger partial charge on any atom is -0.251 e. The van der Waals surface area contributed by atoms with Crippen LogP contribution in [0, 0.1) is 0 Å². The molecule has 0 unspecified atom stereocenters. The molecule has 0 spiro atoms. The van der Waals surface area contributed by atoms with E-state index in [9.17, 15) is 13.2 Å². The van der Waals surface area contributed by atoms with Crippen molar-refractivity contribution in [3.63, 3.8) is 0 Å². The fourth-order valence-corrected chi connectivity index (χ4v) is 4.94. The first-order chi connectivity index (χ1) is 12.3. The van der Waals surface area contributed by atoms with Crippen LogP contribution < -0.4 is 0 Å². The number of benzene rings is 2. The molecule has 1 nitrogen and oxygen atoms in total. The van der Waals surface area contributed by atoms with E-state index in [-0.39, 0.29) is 5.92 Å². The van der Waals surface area contributed by atoms with E-state index in [1.54, 1.807) is 12.1 Å². The molecule has 0 bridgehead atoms. The van der Waals surface area contributed by atoms with E-state index in [2.05, 4.69) is 37.9 Å². The van der Waals surface area contributed by atoms with Crippen LogP contribution in [0.3, 0.4) is 0 Å². The number of aryl methyl sites for hydroxylation is 1. The zero-order chi connectivity index (χ0) is 18.5. The summed E-state index contributed by atoms with van der Waals surface area (Å²) in [6, 6.07) is 11.8. The molecule has 2 aromatic carbocycles. The molecule has 0 saturated carbocycles. The van der Waals surface area contributed by atoms with E-state index in [1.165, 1.54) is 17.7 Å². The number of nitrogens with zero attached hydrogens (tertiary/aromatic N) is 1. The van der Waals surface area contributed by atoms with Crippen LogP contribution in [0.4, 0.5) is 13.2 Å². The molecular formula is C20H14Br2F3N. The van der Waals surface area contributed by atoms with Gasteiger partial charge in [-0.2, -0.15) is 13.2 Å². The van der Waals surface area contributed by atoms with Gasteiger partial charge < -0.3 is 0 Å². The second-order valence-corrected chi connectivity index (χ2v) is 8.38. The lowest BCUT2D eigenvalue weighted by Gasteiger charge is -2.25. The van der Waals surface area contributed by atoms with Crippen LogP contribution in [0.25, 0.3) is 10.9 Å². The van der Waals surface area contributed by atoms with E-state index in [0.717, 1.165) is 50.4 Å². The normalized spacial score (nSPS) is 17.3. The number of halogens is 5. The molecule has 0 aliphatic heterocycles. The highest BCUT2D eigenvalue weighted by Crippen LogP contribution is 2.37. The van der Waals surface area contributed by atoms with Crippen molar-refractivity contribution in [2.24, 2.45) is 0 Å². The Morgan fingerprint density at radius 3 is 2.42 bits per heavy atom. The van der Waals surface area contributed by atoms with Gasteiger partial charge in [-0.1, -0.05) is 28.1 Å². The van der Waals surface area contributed by atoms with Gasteiger partial charge in [0.1, 0.15) is 0 Å². The van der Waals surface area contributed by atoms with Crippen LogP contribution in [0.15, 0.2) is 51.4 Å². The van der Waals surface area contributed by atoms with Gasteiger partial charge in [0.05, 0.1) is 11.1 Å². The lowest BCUT2D eigenvalue weighted by Crippen LogP contribution is -2.15. The van der Waals surface area contributed by atoms with Gasteiger partial charge >= 0.3 is 6.18 Å². The van der Waals surface area contributed by atoms with Crippen molar-refractivity contribution in [2.45, 2.75) is 31.4 Å². The molecular weight excluding hydrogens is 471 g/mol. The Morgan fingerprint density at radius 2 is 1.73 bits per heavy atom. The van der Waals surface area contributed by atoms with Gasteiger partial charge in [0.2, 0.25) is 0 Å². The quantitative estimate of drug-likeness (QED) is 0.360. The number of hydrogen-bond acceptors (Lipinski definition) is 1. The Kier molecular flexibility index (Phi) is 4.59. The van der Waals surface area contributed by atoms with Gasteiger partial charge in [0.15, 0.2) is 0 Å². The lowest BCUT2D eigenvalue weighted by molar-refractivity contribution is -0.137. The predicted octanol–water partition coefficient (Wildman–Crippen LogP) is 7.05. The molecule has 1 aromatic heterocycles. The third-order valence-corrected chi connectivity index (χ3v) is 5.97. The SMILES string of the molecule is FC(F)(F)c1ccc([C@H]2CCc3nc4c(Br)cc(Br)cc4cc3C2)cc1. The van der Waals surface area contributed by atoms with Crippen molar-refractivity contribution in [1.29, 1.82) is 0 Å². The average Bonchev–Trinajstić information content (AvgIpc) is 2.59. The predicted molar refractivity (Wildman–Crippen MR) is 103 cm³/mol. The smallest absolute Gasteiger partial charge is 0.251 e. The monoisotopic (exact) mass is 483 g/mol. The number of pyridine rings is 1. The molecule has 0 saturated heterocycles. The van der Waals surface area contributed by atoms with E-state index < -0.39 is 11.7 Å². The highest BCUT2D eigenvalue weighted by atomic mass is 79.9. The van der Waals surface area contributed by atoms with E-state index >= 15 is 0 Å². The van der Waals surface area contributed by atoms with Gasteiger partial charge in [-0.25, -0.2) is 0 Å². The number of fused-ring (bicyclic) bond motifs is 2. The van der Waals surface area contributed by atoms with Gasteiger partial charge in [0, 0.05) is 20.0 Å². The fraction of sp³-hybridized carbons (Fsp3) is 0.250. The van der Waals surface area contributed by atoms with Crippen LogP contribution in [0.1, 0.15) is 34.7 Å². The lowest BCUT2D eigenvalue weighted by atomic mass is 9.81. The molecule has 6 heteroatoms. The van der Waals surface area contributed by atoms with Crippen LogP contribution in [0.5, 0.6) is 0 Å². The Morgan fingerprint density at radius 1 is 1.00 bits per heavy atom. The van der Waals surface area contributed by atoms with Crippen LogP contribution >= 0.6 is 31.9 Å². The van der Waals surface area contributed by atoms with Gasteiger partial charge in [-0.15, -0.1) is 0 Å². The van der Waals surface area contributed by atoms with Crippen LogP contribution in [-0.2, 0) is 19.0 Å². The standard InChI is InChI=1S/C20H14Br2F3N/c21-16-9-14-8-13-7-12(3-6-18(13)26-19(14)17(22)10-16)11-1-4-15(5-2-11)20(23,24)25/h1-2,4-5,8-10,12H,3,6-7H2/t12-/m0/s1. The second-order valence-electron chi connectivity index (χ2n) is 6.61. The Balaban J connectivity index is 1.66. The maximum atomic E-state index is 12.8. The average molecular weight is 485 g/mol. The highest BCUT2D eigenvalue weighted by Gasteiger charge is 2.30. The largest absolute Gasteiger partial charge is 0.416 e. The highest BCUT2D eigenvalue weighted by molar-refractivity contribution is 9.11. The maximum Gasteiger partial charge on any atom is 0.416 e. The van der Waals surface area contributed by atoms with E-state index in [0.29, 0.717) is 0 Å². The van der Waals surface area contributed by atoms with Gasteiger partial charge in [-0.3, -0.25) is 4.98 Å². The first-order valence-corrected chi connectivity index (χ1v) is 9.84. The zero-order valence-corrected chi connectivity index (χ0v) is 16.7. The van der Waals surface area contributed by atoms with Crippen molar-refractivity contribution < 1.29 is 13.2 Å². The number of aromatic nitrogens is 1. The summed E-state index contributed by atoms with van der Waals surface area (Å²) in [6.45, 7) is 0. The number of hydrogen-bond donors (Lipinski definition) is 0. The van der Waals surface area contributed by atoms with Crippen molar-refractivity contribution in [2.75, 3.05) is 0 Å². The molecule has 1 aliphatic carbocycles. The van der Waals surface area contributed by atoms with Gasteiger partial charge in [0.25, 0.3) is 0 Å². The zero-order valence-electron chi connectivity index (χ0n) is 13.6. The molecule has 26 heavy (non-hydrogen) atoms. The maximum absolute atomic E-state index is 12.8. The minimum absolute atomic E-state index is 0.222. The molecule has 1 heterocycles. The summed E-state index contributed by atoms with van der Waals surface area (Å²) in [7, 11) is 0. The molecule has 0 radical (unpaired) electrons. The molecule has 4 rings (SSSR count). The summed E-state index contributed by atoms with van der Waals surface area (Å²) >= 11 is 7.06. The van der Waals surface area contributed by atoms with E-state index in [1.807, 2.05) is 12.1 Å². The second kappa shape index (κ2) is 6.64. The summed E-state index contributed by atoms with van der Waals surface area (Å²) in [5.74, 6) is 0.222. The molecule has 134 valence electrons. The molecule has 1 atom stereocenters. The third kappa shape index (κ3) is 3.41. The minimum atomic E-state index is -4.29. The van der Waals surface area contributed by atoms with Crippen molar-refractivity contribution in [3.05, 3.63) is 73.8 Å². The topological polar surface area (TPSA) is 12.9 Å². The summed E-state index contributed by atoms with van der Waals surface area (Å²) < 4.78 is 40.2. The Hall–Kier alpha value is -1.40. The summed E-state index contributed by atoms with van der Waals surface area (Å²) in [5.41, 5.74) is 3.57. The Bertz CT molecular complexity index is 981. The summed E-state index contributed by atoms with van der Waals surface area (Å²) in [5, 5.41) is 1.05. The number of rotatable bonds is 1. The number of alkyl halides is 3. The van der Waals surface area contributed by atoms with Crippen molar-refractivity contribution >= 4 is 42.8 Å². The van der Waals surface area contributed by atoms with Crippen LogP contribution in [-0.4, -0.2) is 4.98 Å². The summed E-state index contributed by atoms with van der Waals surface area (Å²) in [6.07, 6.45) is -1.76. The Labute approximate surface area is 165 Å². The molecule has 3 aromatic rings. The molecule has 0 N–H and O–H groups in total. The molecule has 0 amide bonds. The first-order valence-electron chi connectivity index (χ1n) is 8.26.